The van der Waals surface area contributed by atoms with Crippen molar-refractivity contribution in [2.24, 2.45) is 0 Å². The van der Waals surface area contributed by atoms with Crippen molar-refractivity contribution >= 4 is 17.7 Å². The lowest BCUT2D eigenvalue weighted by Crippen LogP contribution is -2.40. The van der Waals surface area contributed by atoms with Gasteiger partial charge in [0.05, 0.1) is 11.8 Å². The molecule has 0 aromatic heterocycles. The van der Waals surface area contributed by atoms with Gasteiger partial charge in [0, 0.05) is 17.6 Å². The van der Waals surface area contributed by atoms with Gasteiger partial charge in [0.15, 0.2) is 0 Å². The lowest BCUT2D eigenvalue weighted by molar-refractivity contribution is -0.0212. The van der Waals surface area contributed by atoms with E-state index in [1.54, 1.807) is 0 Å². The summed E-state index contributed by atoms with van der Waals surface area (Å²) in [4.78, 5) is 7.94. The van der Waals surface area contributed by atoms with Gasteiger partial charge in [-0.2, -0.15) is 0 Å². The zero-order valence-corrected chi connectivity index (χ0v) is 17.6. The Morgan fingerprint density at radius 3 is 2.71 bits per heavy atom. The molecule has 0 saturated heterocycles. The molecule has 1 saturated carbocycles. The van der Waals surface area contributed by atoms with Gasteiger partial charge in [0.2, 0.25) is 0 Å². The number of hydrogen-bond acceptors (Lipinski definition) is 4. The number of rotatable bonds is 8. The third kappa shape index (κ3) is 6.63. The van der Waals surface area contributed by atoms with E-state index in [0.29, 0.717) is 12.6 Å². The Labute approximate surface area is 174 Å². The number of nitrogens with zero attached hydrogens (tertiary/aromatic N) is 1. The first kappa shape index (κ1) is 21.4. The molecule has 5 heteroatoms. The van der Waals surface area contributed by atoms with E-state index < -0.39 is 6.10 Å². The summed E-state index contributed by atoms with van der Waals surface area (Å²) in [6, 6.07) is 8.46. The highest BCUT2D eigenvalue weighted by molar-refractivity contribution is 6.30. The molecule has 0 spiro atoms. The summed E-state index contributed by atoms with van der Waals surface area (Å²) < 4.78 is 0. The first-order valence-electron chi connectivity index (χ1n) is 10.5. The second-order valence-corrected chi connectivity index (χ2v) is 8.47. The standard InChI is InChI=1S/C23H33ClN2O2/c1-26(21-8-3-2-4-9-21)16-22(27)17-28-25-23-10-6-5-7-19(23)15-18-11-13-20(24)14-12-18/h10-15,21-22,25,27H,2-9,16-17H2,1H3/t22-/m1/s1. The van der Waals surface area contributed by atoms with Gasteiger partial charge in [0.25, 0.3) is 0 Å². The molecule has 1 aromatic carbocycles. The maximum absolute atomic E-state index is 10.4. The number of hydrogen-bond donors (Lipinski definition) is 2. The van der Waals surface area contributed by atoms with E-state index in [1.165, 1.54) is 37.7 Å². The van der Waals surface area contributed by atoms with Crippen LogP contribution in [0.5, 0.6) is 0 Å². The summed E-state index contributed by atoms with van der Waals surface area (Å²) in [6.45, 7) is 0.932. The Morgan fingerprint density at radius 2 is 1.96 bits per heavy atom. The van der Waals surface area contributed by atoms with Crippen LogP contribution >= 0.6 is 11.6 Å². The van der Waals surface area contributed by atoms with Gasteiger partial charge in [-0.15, -0.1) is 0 Å². The lowest BCUT2D eigenvalue weighted by Gasteiger charge is -2.32. The van der Waals surface area contributed by atoms with Crippen LogP contribution in [0.4, 0.5) is 0 Å². The zero-order valence-electron chi connectivity index (χ0n) is 16.9. The molecule has 1 atom stereocenters. The Morgan fingerprint density at radius 1 is 1.21 bits per heavy atom. The SMILES string of the molecule is CN(C[C@@H](O)CONC1=CCCCC1=Cc1ccc(Cl)cc1)C1CCCCC1. The van der Waals surface area contributed by atoms with Crippen molar-refractivity contribution in [1.82, 2.24) is 10.4 Å². The predicted molar refractivity (Wildman–Crippen MR) is 116 cm³/mol. The molecular weight excluding hydrogens is 372 g/mol. The average molecular weight is 405 g/mol. The van der Waals surface area contributed by atoms with Crippen LogP contribution in [0.2, 0.25) is 5.02 Å². The van der Waals surface area contributed by atoms with E-state index >= 15 is 0 Å². The Balaban J connectivity index is 1.47. The summed E-state index contributed by atoms with van der Waals surface area (Å²) in [5.74, 6) is 0. The molecule has 28 heavy (non-hydrogen) atoms. The van der Waals surface area contributed by atoms with Crippen LogP contribution in [-0.2, 0) is 4.84 Å². The van der Waals surface area contributed by atoms with Crippen LogP contribution in [0.1, 0.15) is 56.9 Å². The van der Waals surface area contributed by atoms with Crippen molar-refractivity contribution in [3.8, 4) is 0 Å². The topological polar surface area (TPSA) is 44.7 Å². The summed E-state index contributed by atoms with van der Waals surface area (Å²) in [5.41, 5.74) is 6.44. The molecule has 0 heterocycles. The highest BCUT2D eigenvalue weighted by Gasteiger charge is 2.20. The highest BCUT2D eigenvalue weighted by Crippen LogP contribution is 2.25. The van der Waals surface area contributed by atoms with Gasteiger partial charge in [0.1, 0.15) is 6.61 Å². The molecule has 0 amide bonds. The summed E-state index contributed by atoms with van der Waals surface area (Å²) in [7, 11) is 2.11. The first-order valence-corrected chi connectivity index (χ1v) is 10.9. The molecule has 1 aromatic rings. The molecule has 0 unspecified atom stereocenters. The third-order valence-corrected chi connectivity index (χ3v) is 5.96. The van der Waals surface area contributed by atoms with Crippen LogP contribution in [0.15, 0.2) is 41.6 Å². The Bertz CT molecular complexity index is 666. The van der Waals surface area contributed by atoms with E-state index in [4.69, 9.17) is 16.4 Å². The van der Waals surface area contributed by atoms with Crippen LogP contribution in [0.3, 0.4) is 0 Å². The first-order chi connectivity index (χ1) is 13.6. The molecule has 0 bridgehead atoms. The number of allylic oxidation sites excluding steroid dienone is 2. The molecule has 3 rings (SSSR count). The number of aliphatic hydroxyl groups excluding tert-OH is 1. The molecule has 1 fully saturated rings. The van der Waals surface area contributed by atoms with Crippen LogP contribution in [0.25, 0.3) is 6.08 Å². The molecule has 2 aliphatic rings. The monoisotopic (exact) mass is 404 g/mol. The van der Waals surface area contributed by atoms with E-state index in [9.17, 15) is 5.11 Å². The maximum Gasteiger partial charge on any atom is 0.102 e. The lowest BCUT2D eigenvalue weighted by atomic mass is 9.94. The number of benzene rings is 1. The van der Waals surface area contributed by atoms with Gasteiger partial charge < -0.3 is 10.0 Å². The van der Waals surface area contributed by atoms with Gasteiger partial charge >= 0.3 is 0 Å². The fraction of sp³-hybridized carbons (Fsp3) is 0.565. The van der Waals surface area contributed by atoms with Crippen molar-refractivity contribution in [3.63, 3.8) is 0 Å². The van der Waals surface area contributed by atoms with Crippen LogP contribution in [0, 0.1) is 0 Å². The second-order valence-electron chi connectivity index (χ2n) is 8.03. The molecule has 2 N–H and O–H groups in total. The smallest absolute Gasteiger partial charge is 0.102 e. The van der Waals surface area contributed by atoms with E-state index in [2.05, 4.69) is 29.6 Å². The third-order valence-electron chi connectivity index (χ3n) is 5.71. The van der Waals surface area contributed by atoms with E-state index in [1.807, 2.05) is 24.3 Å². The molecule has 4 nitrogen and oxygen atoms in total. The number of aliphatic hydroxyl groups is 1. The Hall–Kier alpha value is -1.33. The number of nitrogens with one attached hydrogen (secondary N) is 1. The molecule has 154 valence electrons. The average Bonchev–Trinajstić information content (AvgIpc) is 2.71. The Kier molecular flexibility index (Phi) is 8.41. The zero-order chi connectivity index (χ0) is 19.8. The summed E-state index contributed by atoms with van der Waals surface area (Å²) in [5, 5.41) is 11.1. The fourth-order valence-electron chi connectivity index (χ4n) is 4.09. The number of likely N-dealkylation sites (N-methyl/N-ethyl adjacent to an activating group) is 1. The second kappa shape index (κ2) is 11.0. The molecular formula is C23H33ClN2O2. The molecule has 0 aliphatic heterocycles. The van der Waals surface area contributed by atoms with Crippen LogP contribution in [-0.4, -0.2) is 42.4 Å². The van der Waals surface area contributed by atoms with Crippen molar-refractivity contribution in [3.05, 3.63) is 52.2 Å². The van der Waals surface area contributed by atoms with E-state index in [0.717, 1.165) is 35.5 Å². The van der Waals surface area contributed by atoms with Gasteiger partial charge in [-0.25, -0.2) is 0 Å². The minimum atomic E-state index is -0.493. The fourth-order valence-corrected chi connectivity index (χ4v) is 4.22. The van der Waals surface area contributed by atoms with Crippen molar-refractivity contribution in [1.29, 1.82) is 0 Å². The normalized spacial score (nSPS) is 21.0. The quantitative estimate of drug-likeness (QED) is 0.602. The maximum atomic E-state index is 10.4. The van der Waals surface area contributed by atoms with Gasteiger partial charge in [-0.05, 0) is 68.5 Å². The van der Waals surface area contributed by atoms with Gasteiger partial charge in [-0.3, -0.25) is 10.3 Å². The van der Waals surface area contributed by atoms with Crippen molar-refractivity contribution < 1.29 is 9.94 Å². The largest absolute Gasteiger partial charge is 0.389 e. The highest BCUT2D eigenvalue weighted by atomic mass is 35.5. The van der Waals surface area contributed by atoms with Gasteiger partial charge in [-0.1, -0.05) is 49.1 Å². The summed E-state index contributed by atoms with van der Waals surface area (Å²) >= 11 is 5.98. The number of hydroxylamine groups is 1. The molecule has 0 radical (unpaired) electrons. The predicted octanol–water partition coefficient (Wildman–Crippen LogP) is 4.94. The van der Waals surface area contributed by atoms with Crippen molar-refractivity contribution in [2.45, 2.75) is 63.5 Å². The van der Waals surface area contributed by atoms with Crippen molar-refractivity contribution in [2.75, 3.05) is 20.2 Å². The molecule has 2 aliphatic carbocycles. The summed E-state index contributed by atoms with van der Waals surface area (Å²) in [6.07, 6.45) is 13.5. The minimum absolute atomic E-state index is 0.280. The van der Waals surface area contributed by atoms with Crippen LogP contribution < -0.4 is 5.48 Å². The number of halogens is 1. The van der Waals surface area contributed by atoms with E-state index in [-0.39, 0.29) is 6.61 Å². The minimum Gasteiger partial charge on any atom is -0.389 e.